The molecular weight excluding hydrogens is 262 g/mol. The van der Waals surface area contributed by atoms with Gasteiger partial charge in [0.25, 0.3) is 0 Å². The van der Waals surface area contributed by atoms with Gasteiger partial charge in [-0.05, 0) is 43.2 Å². The third-order valence-electron chi connectivity index (χ3n) is 3.37. The van der Waals surface area contributed by atoms with Crippen molar-refractivity contribution in [2.24, 2.45) is 0 Å². The van der Waals surface area contributed by atoms with Crippen LogP contribution in [0.1, 0.15) is 25.0 Å². The number of anilines is 1. The van der Waals surface area contributed by atoms with Crippen LogP contribution in [-0.4, -0.2) is 17.0 Å². The maximum absolute atomic E-state index is 11.5. The molecule has 0 aliphatic heterocycles. The lowest BCUT2D eigenvalue weighted by Crippen LogP contribution is -2.24. The van der Waals surface area contributed by atoms with Crippen molar-refractivity contribution in [2.75, 3.05) is 11.9 Å². The molecule has 0 aliphatic carbocycles. The van der Waals surface area contributed by atoms with E-state index in [9.17, 15) is 4.79 Å². The predicted octanol–water partition coefficient (Wildman–Crippen LogP) is 2.80. The summed E-state index contributed by atoms with van der Waals surface area (Å²) in [5.74, 6) is 0.0686. The molecule has 0 saturated heterocycles. The Hall–Kier alpha value is -2.23. The van der Waals surface area contributed by atoms with E-state index in [4.69, 9.17) is 0 Å². The minimum absolute atomic E-state index is 0.0686. The van der Waals surface area contributed by atoms with Crippen LogP contribution in [0, 0.1) is 0 Å². The van der Waals surface area contributed by atoms with Crippen LogP contribution >= 0.6 is 0 Å². The first-order valence-electron chi connectivity index (χ1n) is 7.45. The van der Waals surface area contributed by atoms with E-state index in [1.54, 1.807) is 0 Å². The zero-order valence-electron chi connectivity index (χ0n) is 12.7. The molecule has 112 valence electrons. The highest BCUT2D eigenvalue weighted by Crippen LogP contribution is 2.12. The summed E-state index contributed by atoms with van der Waals surface area (Å²) in [6, 6.07) is 10.2. The fourth-order valence-corrected chi connectivity index (χ4v) is 2.18. The number of aryl methyl sites for hydroxylation is 1. The summed E-state index contributed by atoms with van der Waals surface area (Å²) in [4.78, 5) is 11.5. The quantitative estimate of drug-likeness (QED) is 0.821. The Balaban J connectivity index is 1.85. The lowest BCUT2D eigenvalue weighted by molar-refractivity contribution is -0.120. The summed E-state index contributed by atoms with van der Waals surface area (Å²) in [5.41, 5.74) is 3.37. The van der Waals surface area contributed by atoms with Gasteiger partial charge in [0.05, 0.1) is 6.42 Å². The number of hydrogen-bond donors (Lipinski definition) is 2. The van der Waals surface area contributed by atoms with Gasteiger partial charge in [0.1, 0.15) is 0 Å². The molecule has 0 aliphatic rings. The van der Waals surface area contributed by atoms with Gasteiger partial charge in [-0.3, -0.25) is 4.79 Å². The molecule has 0 spiro atoms. The van der Waals surface area contributed by atoms with E-state index in [1.807, 2.05) is 31.2 Å². The second kappa shape index (κ2) is 7.53. The van der Waals surface area contributed by atoms with Crippen molar-refractivity contribution in [1.82, 2.24) is 9.88 Å². The number of carbonyl (C=O) groups is 1. The van der Waals surface area contributed by atoms with Crippen LogP contribution in [0.3, 0.4) is 0 Å². The highest BCUT2D eigenvalue weighted by molar-refractivity contribution is 5.78. The minimum Gasteiger partial charge on any atom is -0.381 e. The van der Waals surface area contributed by atoms with Crippen LogP contribution < -0.4 is 10.6 Å². The summed E-state index contributed by atoms with van der Waals surface area (Å²) >= 11 is 0. The van der Waals surface area contributed by atoms with Crippen LogP contribution in [0.2, 0.25) is 0 Å². The molecule has 21 heavy (non-hydrogen) atoms. The molecule has 4 heteroatoms. The molecule has 0 fully saturated rings. The van der Waals surface area contributed by atoms with Gasteiger partial charge in [-0.1, -0.05) is 12.1 Å². The minimum atomic E-state index is 0.0686. The molecule has 0 saturated carbocycles. The largest absolute Gasteiger partial charge is 0.381 e. The summed E-state index contributed by atoms with van der Waals surface area (Å²) < 4.78 is 2.16. The van der Waals surface area contributed by atoms with E-state index in [2.05, 4.69) is 40.6 Å². The monoisotopic (exact) mass is 285 g/mol. The smallest absolute Gasteiger partial charge is 0.224 e. The van der Waals surface area contributed by atoms with E-state index >= 15 is 0 Å². The number of benzene rings is 1. The van der Waals surface area contributed by atoms with Gasteiger partial charge in [-0.25, -0.2) is 0 Å². The van der Waals surface area contributed by atoms with Crippen molar-refractivity contribution in [3.8, 4) is 0 Å². The topological polar surface area (TPSA) is 46.1 Å². The molecule has 2 rings (SSSR count). The van der Waals surface area contributed by atoms with Crippen molar-refractivity contribution >= 4 is 11.6 Å². The molecule has 1 amide bonds. The molecule has 1 aromatic heterocycles. The number of rotatable bonds is 7. The van der Waals surface area contributed by atoms with Crippen LogP contribution in [-0.2, 0) is 24.3 Å². The second-order valence-electron chi connectivity index (χ2n) is 5.03. The van der Waals surface area contributed by atoms with Gasteiger partial charge in [0, 0.05) is 37.7 Å². The van der Waals surface area contributed by atoms with E-state index < -0.39 is 0 Å². The zero-order valence-corrected chi connectivity index (χ0v) is 12.7. The zero-order chi connectivity index (χ0) is 15.1. The molecule has 4 nitrogen and oxygen atoms in total. The standard InChI is InChI=1S/C17H23N3O/c1-3-18-17(21)11-14-5-7-16(8-6-14)19-12-15-9-10-20(4-2)13-15/h5-10,13,19H,3-4,11-12H2,1-2H3,(H,18,21). The Morgan fingerprint density at radius 2 is 1.86 bits per heavy atom. The van der Waals surface area contributed by atoms with Crippen LogP contribution in [0.15, 0.2) is 42.7 Å². The number of carbonyl (C=O) groups excluding carboxylic acids is 1. The van der Waals surface area contributed by atoms with Gasteiger partial charge in [0.15, 0.2) is 0 Å². The second-order valence-corrected chi connectivity index (χ2v) is 5.03. The maximum atomic E-state index is 11.5. The first-order chi connectivity index (χ1) is 10.2. The predicted molar refractivity (Wildman–Crippen MR) is 86.3 cm³/mol. The Morgan fingerprint density at radius 1 is 1.10 bits per heavy atom. The lowest BCUT2D eigenvalue weighted by Gasteiger charge is -2.07. The van der Waals surface area contributed by atoms with Crippen molar-refractivity contribution < 1.29 is 4.79 Å². The molecule has 0 bridgehead atoms. The molecule has 1 aromatic carbocycles. The van der Waals surface area contributed by atoms with Crippen molar-refractivity contribution in [1.29, 1.82) is 0 Å². The normalized spacial score (nSPS) is 10.4. The van der Waals surface area contributed by atoms with E-state index in [0.29, 0.717) is 13.0 Å². The lowest BCUT2D eigenvalue weighted by atomic mass is 10.1. The number of aromatic nitrogens is 1. The van der Waals surface area contributed by atoms with Crippen molar-refractivity contribution in [2.45, 2.75) is 33.4 Å². The van der Waals surface area contributed by atoms with E-state index in [1.165, 1.54) is 5.56 Å². The fourth-order valence-electron chi connectivity index (χ4n) is 2.18. The Kier molecular flexibility index (Phi) is 5.43. The Morgan fingerprint density at radius 3 is 2.48 bits per heavy atom. The molecule has 0 unspecified atom stereocenters. The van der Waals surface area contributed by atoms with Gasteiger partial charge in [0.2, 0.25) is 5.91 Å². The van der Waals surface area contributed by atoms with Crippen LogP contribution in [0.4, 0.5) is 5.69 Å². The number of nitrogens with one attached hydrogen (secondary N) is 2. The summed E-state index contributed by atoms with van der Waals surface area (Å²) in [5, 5.41) is 6.20. The highest BCUT2D eigenvalue weighted by atomic mass is 16.1. The number of hydrogen-bond acceptors (Lipinski definition) is 2. The van der Waals surface area contributed by atoms with Crippen molar-refractivity contribution in [3.05, 3.63) is 53.9 Å². The number of nitrogens with zero attached hydrogens (tertiary/aromatic N) is 1. The Bertz CT molecular complexity index is 572. The van der Waals surface area contributed by atoms with Crippen LogP contribution in [0.5, 0.6) is 0 Å². The average Bonchev–Trinajstić information content (AvgIpc) is 2.95. The van der Waals surface area contributed by atoms with Gasteiger partial charge in [-0.15, -0.1) is 0 Å². The number of likely N-dealkylation sites (N-methyl/N-ethyl adjacent to an activating group) is 1. The average molecular weight is 285 g/mol. The third-order valence-corrected chi connectivity index (χ3v) is 3.37. The first kappa shape index (κ1) is 15.2. The Labute approximate surface area is 126 Å². The molecule has 0 radical (unpaired) electrons. The first-order valence-corrected chi connectivity index (χ1v) is 7.45. The SMILES string of the molecule is CCNC(=O)Cc1ccc(NCc2ccn(CC)c2)cc1. The fraction of sp³-hybridized carbons (Fsp3) is 0.353. The van der Waals surface area contributed by atoms with Crippen LogP contribution in [0.25, 0.3) is 0 Å². The summed E-state index contributed by atoms with van der Waals surface area (Å²) in [6.45, 7) is 6.54. The van der Waals surface area contributed by atoms with Gasteiger partial charge >= 0.3 is 0 Å². The van der Waals surface area contributed by atoms with Crippen molar-refractivity contribution in [3.63, 3.8) is 0 Å². The molecule has 0 atom stereocenters. The summed E-state index contributed by atoms with van der Waals surface area (Å²) in [7, 11) is 0. The molecular formula is C17H23N3O. The molecule has 1 heterocycles. The summed E-state index contributed by atoms with van der Waals surface area (Å²) in [6.07, 6.45) is 4.68. The van der Waals surface area contributed by atoms with Gasteiger partial charge < -0.3 is 15.2 Å². The highest BCUT2D eigenvalue weighted by Gasteiger charge is 2.02. The van der Waals surface area contributed by atoms with E-state index in [-0.39, 0.29) is 5.91 Å². The molecule has 2 N–H and O–H groups in total. The van der Waals surface area contributed by atoms with Gasteiger partial charge in [-0.2, -0.15) is 0 Å². The maximum Gasteiger partial charge on any atom is 0.224 e. The molecule has 2 aromatic rings. The van der Waals surface area contributed by atoms with E-state index in [0.717, 1.165) is 24.3 Å². The third kappa shape index (κ3) is 4.67. The number of amides is 1.